The fourth-order valence-electron chi connectivity index (χ4n) is 3.47. The third-order valence-electron chi connectivity index (χ3n) is 4.91. The van der Waals surface area contributed by atoms with Gasteiger partial charge >= 0.3 is 0 Å². The van der Waals surface area contributed by atoms with E-state index >= 15 is 0 Å². The van der Waals surface area contributed by atoms with Crippen LogP contribution >= 0.6 is 0 Å². The first-order valence-electron chi connectivity index (χ1n) is 9.17. The van der Waals surface area contributed by atoms with Crippen LogP contribution in [0.2, 0.25) is 0 Å². The Morgan fingerprint density at radius 2 is 1.81 bits per heavy atom. The predicted octanol–water partition coefficient (Wildman–Crippen LogP) is 3.35. The average molecular weight is 354 g/mol. The Bertz CT molecular complexity index is 819. The van der Waals surface area contributed by atoms with Gasteiger partial charge in [0.25, 0.3) is 11.8 Å². The quantitative estimate of drug-likeness (QED) is 0.884. The number of amides is 2. The molecule has 0 spiro atoms. The van der Waals surface area contributed by atoms with E-state index in [0.717, 1.165) is 24.1 Å². The zero-order valence-electron chi connectivity index (χ0n) is 15.6. The van der Waals surface area contributed by atoms with E-state index in [1.807, 2.05) is 19.9 Å². The van der Waals surface area contributed by atoms with Crippen LogP contribution in [0.15, 0.2) is 24.3 Å². The molecular formula is C20H26N4O2. The summed E-state index contributed by atoms with van der Waals surface area (Å²) in [5.74, 6) is -0.254. The molecule has 2 aromatic rings. The van der Waals surface area contributed by atoms with Gasteiger partial charge < -0.3 is 10.6 Å². The molecule has 1 fully saturated rings. The van der Waals surface area contributed by atoms with Gasteiger partial charge in [0.2, 0.25) is 0 Å². The van der Waals surface area contributed by atoms with E-state index in [4.69, 9.17) is 0 Å². The molecule has 26 heavy (non-hydrogen) atoms. The highest BCUT2D eigenvalue weighted by Crippen LogP contribution is 2.20. The Morgan fingerprint density at radius 3 is 2.42 bits per heavy atom. The van der Waals surface area contributed by atoms with Gasteiger partial charge in [0.1, 0.15) is 5.69 Å². The molecule has 1 saturated carbocycles. The molecule has 6 nitrogen and oxygen atoms in total. The summed E-state index contributed by atoms with van der Waals surface area (Å²) in [7, 11) is 1.74. The lowest BCUT2D eigenvalue weighted by Crippen LogP contribution is -2.36. The Kier molecular flexibility index (Phi) is 5.40. The normalized spacial score (nSPS) is 14.9. The minimum atomic E-state index is -0.212. The van der Waals surface area contributed by atoms with Crippen LogP contribution in [-0.4, -0.2) is 27.6 Å². The van der Waals surface area contributed by atoms with Crippen LogP contribution in [0, 0.1) is 13.8 Å². The maximum absolute atomic E-state index is 12.5. The zero-order valence-corrected chi connectivity index (χ0v) is 15.6. The first-order valence-corrected chi connectivity index (χ1v) is 9.17. The molecule has 0 radical (unpaired) electrons. The van der Waals surface area contributed by atoms with Crippen molar-refractivity contribution in [3.8, 4) is 0 Å². The molecule has 1 heterocycles. The van der Waals surface area contributed by atoms with Gasteiger partial charge in [-0.15, -0.1) is 0 Å². The van der Waals surface area contributed by atoms with E-state index < -0.39 is 0 Å². The SMILES string of the molecule is Cc1cc(C(=O)Nc2ccc(C(=O)NC3CCCCC3)cc2C)n(C)n1. The second kappa shape index (κ2) is 7.72. The number of nitrogens with one attached hydrogen (secondary N) is 2. The zero-order chi connectivity index (χ0) is 18.7. The summed E-state index contributed by atoms with van der Waals surface area (Å²) < 4.78 is 1.56. The third kappa shape index (κ3) is 4.12. The van der Waals surface area contributed by atoms with Gasteiger partial charge in [-0.3, -0.25) is 14.3 Å². The molecule has 0 atom stereocenters. The monoisotopic (exact) mass is 354 g/mol. The molecule has 1 aliphatic carbocycles. The lowest BCUT2D eigenvalue weighted by atomic mass is 9.95. The van der Waals surface area contributed by atoms with Crippen LogP contribution in [0.25, 0.3) is 0 Å². The number of benzene rings is 1. The minimum Gasteiger partial charge on any atom is -0.349 e. The van der Waals surface area contributed by atoms with Gasteiger partial charge in [-0.1, -0.05) is 19.3 Å². The van der Waals surface area contributed by atoms with E-state index in [0.29, 0.717) is 16.9 Å². The molecule has 6 heteroatoms. The summed E-state index contributed by atoms with van der Waals surface area (Å²) >= 11 is 0. The fraction of sp³-hybridized carbons (Fsp3) is 0.450. The largest absolute Gasteiger partial charge is 0.349 e. The molecule has 3 rings (SSSR count). The molecule has 1 aromatic heterocycles. The van der Waals surface area contributed by atoms with E-state index in [1.54, 1.807) is 29.9 Å². The highest BCUT2D eigenvalue weighted by atomic mass is 16.2. The van der Waals surface area contributed by atoms with Crippen molar-refractivity contribution < 1.29 is 9.59 Å². The maximum atomic E-state index is 12.5. The molecule has 2 N–H and O–H groups in total. The van der Waals surface area contributed by atoms with Crippen LogP contribution in [0.1, 0.15) is 64.2 Å². The number of rotatable bonds is 4. The highest BCUT2D eigenvalue weighted by molar-refractivity contribution is 6.04. The number of anilines is 1. The topological polar surface area (TPSA) is 76.0 Å². The van der Waals surface area contributed by atoms with Crippen LogP contribution in [0.4, 0.5) is 5.69 Å². The summed E-state index contributed by atoms with van der Waals surface area (Å²) in [5, 5.41) is 10.2. The van der Waals surface area contributed by atoms with Crippen molar-refractivity contribution in [2.45, 2.75) is 52.0 Å². The Morgan fingerprint density at radius 1 is 1.08 bits per heavy atom. The maximum Gasteiger partial charge on any atom is 0.273 e. The molecule has 1 aliphatic rings. The van der Waals surface area contributed by atoms with Crippen LogP contribution in [0.5, 0.6) is 0 Å². The number of aryl methyl sites for hydroxylation is 3. The first kappa shape index (κ1) is 18.2. The molecule has 0 saturated heterocycles. The van der Waals surface area contributed by atoms with Crippen molar-refractivity contribution in [2.24, 2.45) is 7.05 Å². The summed E-state index contributed by atoms with van der Waals surface area (Å²) in [6, 6.07) is 7.39. The Hall–Kier alpha value is -2.63. The summed E-state index contributed by atoms with van der Waals surface area (Å²) in [6.45, 7) is 3.74. The molecular weight excluding hydrogens is 328 g/mol. The Balaban J connectivity index is 1.68. The summed E-state index contributed by atoms with van der Waals surface area (Å²) in [5.41, 5.74) is 3.48. The lowest BCUT2D eigenvalue weighted by molar-refractivity contribution is 0.0927. The van der Waals surface area contributed by atoms with E-state index in [1.165, 1.54) is 19.3 Å². The molecule has 0 bridgehead atoms. The third-order valence-corrected chi connectivity index (χ3v) is 4.91. The van der Waals surface area contributed by atoms with Gasteiger partial charge in [0.05, 0.1) is 5.69 Å². The van der Waals surface area contributed by atoms with Crippen molar-refractivity contribution in [1.29, 1.82) is 0 Å². The molecule has 138 valence electrons. The van der Waals surface area contributed by atoms with Crippen molar-refractivity contribution in [3.63, 3.8) is 0 Å². The van der Waals surface area contributed by atoms with Gasteiger partial charge in [-0.2, -0.15) is 5.10 Å². The van der Waals surface area contributed by atoms with Gasteiger partial charge in [0, 0.05) is 24.3 Å². The fourth-order valence-corrected chi connectivity index (χ4v) is 3.47. The second-order valence-electron chi connectivity index (χ2n) is 7.09. The van der Waals surface area contributed by atoms with Crippen LogP contribution < -0.4 is 10.6 Å². The number of aromatic nitrogens is 2. The van der Waals surface area contributed by atoms with Gasteiger partial charge in [-0.05, 0) is 56.5 Å². The Labute approximate surface area is 154 Å². The lowest BCUT2D eigenvalue weighted by Gasteiger charge is -2.23. The van der Waals surface area contributed by atoms with Gasteiger partial charge in [-0.25, -0.2) is 0 Å². The van der Waals surface area contributed by atoms with E-state index in [9.17, 15) is 9.59 Å². The number of nitrogens with zero attached hydrogens (tertiary/aromatic N) is 2. The summed E-state index contributed by atoms with van der Waals surface area (Å²) in [4.78, 5) is 24.9. The predicted molar refractivity (Wildman–Crippen MR) is 101 cm³/mol. The first-order chi connectivity index (χ1) is 12.4. The number of hydrogen-bond donors (Lipinski definition) is 2. The molecule has 0 unspecified atom stereocenters. The van der Waals surface area contributed by atoms with Crippen LogP contribution in [0.3, 0.4) is 0 Å². The summed E-state index contributed by atoms with van der Waals surface area (Å²) in [6.07, 6.45) is 5.74. The molecule has 1 aromatic carbocycles. The number of carbonyl (C=O) groups excluding carboxylic acids is 2. The number of carbonyl (C=O) groups is 2. The van der Waals surface area contributed by atoms with Crippen LogP contribution in [-0.2, 0) is 7.05 Å². The van der Waals surface area contributed by atoms with Gasteiger partial charge in [0.15, 0.2) is 0 Å². The average Bonchev–Trinajstić information content (AvgIpc) is 2.96. The van der Waals surface area contributed by atoms with E-state index in [2.05, 4.69) is 15.7 Å². The number of hydrogen-bond acceptors (Lipinski definition) is 3. The second-order valence-corrected chi connectivity index (χ2v) is 7.09. The highest BCUT2D eigenvalue weighted by Gasteiger charge is 2.18. The minimum absolute atomic E-state index is 0.0415. The standard InChI is InChI=1S/C20H26N4O2/c1-13-11-15(19(25)21-16-7-5-4-6-8-16)9-10-17(13)22-20(26)18-12-14(2)23-24(18)3/h9-12,16H,4-8H2,1-3H3,(H,21,25)(H,22,26). The van der Waals surface area contributed by atoms with Crippen molar-refractivity contribution in [3.05, 3.63) is 46.8 Å². The van der Waals surface area contributed by atoms with E-state index in [-0.39, 0.29) is 17.9 Å². The molecule has 0 aliphatic heterocycles. The van der Waals surface area contributed by atoms with Crippen molar-refractivity contribution in [1.82, 2.24) is 15.1 Å². The molecule has 2 amide bonds. The smallest absolute Gasteiger partial charge is 0.273 e. The van der Waals surface area contributed by atoms with Crippen molar-refractivity contribution >= 4 is 17.5 Å². The van der Waals surface area contributed by atoms with Crippen molar-refractivity contribution in [2.75, 3.05) is 5.32 Å².